The Hall–Kier alpha value is -1.33. The topological polar surface area (TPSA) is 12.0 Å². The summed E-state index contributed by atoms with van der Waals surface area (Å²) >= 11 is 1.45. The molecule has 0 aliphatic heterocycles. The van der Waals surface area contributed by atoms with Crippen molar-refractivity contribution in [3.63, 3.8) is 0 Å². The van der Waals surface area contributed by atoms with Crippen molar-refractivity contribution in [2.45, 2.75) is 26.3 Å². The van der Waals surface area contributed by atoms with Crippen molar-refractivity contribution in [1.82, 2.24) is 5.32 Å². The average molecular weight is 299 g/mol. The van der Waals surface area contributed by atoms with Gasteiger partial charge in [-0.3, -0.25) is 0 Å². The molecular weight excluding hydrogens is 283 g/mol. The number of thiophene rings is 1. The third-order valence-corrected chi connectivity index (χ3v) is 4.19. The highest BCUT2D eigenvalue weighted by molar-refractivity contribution is 7.10. The zero-order chi connectivity index (χ0) is 14.7. The third-order valence-electron chi connectivity index (χ3n) is 3.16. The van der Waals surface area contributed by atoms with E-state index >= 15 is 0 Å². The Labute approximate surface area is 120 Å². The molecule has 0 radical (unpaired) electrons. The lowest BCUT2D eigenvalue weighted by atomic mass is 10.00. The van der Waals surface area contributed by atoms with Crippen molar-refractivity contribution in [2.24, 2.45) is 0 Å². The highest BCUT2D eigenvalue weighted by atomic mass is 32.1. The maximum Gasteiger partial charge on any atom is 0.134 e. The summed E-state index contributed by atoms with van der Waals surface area (Å²) in [6.07, 6.45) is 0.783. The molecule has 0 bridgehead atoms. The number of halogens is 3. The van der Waals surface area contributed by atoms with Gasteiger partial charge in [-0.1, -0.05) is 13.8 Å². The third kappa shape index (κ3) is 2.88. The molecule has 0 spiro atoms. The molecule has 2 rings (SSSR count). The predicted octanol–water partition coefficient (Wildman–Crippen LogP) is 4.43. The van der Waals surface area contributed by atoms with Crippen molar-refractivity contribution in [2.75, 3.05) is 6.54 Å². The minimum atomic E-state index is -0.902. The summed E-state index contributed by atoms with van der Waals surface area (Å²) in [5.41, 5.74) is 0.925. The zero-order valence-electron chi connectivity index (χ0n) is 11.3. The molecule has 1 unspecified atom stereocenters. The van der Waals surface area contributed by atoms with Gasteiger partial charge in [-0.05, 0) is 30.0 Å². The standard InChI is InChI=1S/C15H16F3NS/c1-3-9-5-6-20-15(9)14(19-4-2)13-11(17)7-10(16)8-12(13)18/h5-8,14,19H,3-4H2,1-2H3. The fourth-order valence-electron chi connectivity index (χ4n) is 2.25. The van der Waals surface area contributed by atoms with E-state index in [0.717, 1.165) is 29.0 Å². The highest BCUT2D eigenvalue weighted by Crippen LogP contribution is 2.33. The maximum atomic E-state index is 14.0. The normalized spacial score (nSPS) is 12.7. The van der Waals surface area contributed by atoms with Crippen molar-refractivity contribution >= 4 is 11.3 Å². The molecular formula is C15H16F3NS. The lowest BCUT2D eigenvalue weighted by molar-refractivity contribution is 0.493. The Kier molecular flexibility index (Phi) is 4.83. The van der Waals surface area contributed by atoms with Gasteiger partial charge in [0.1, 0.15) is 17.5 Å². The minimum Gasteiger partial charge on any atom is -0.306 e. The monoisotopic (exact) mass is 299 g/mol. The first-order chi connectivity index (χ1) is 9.58. The van der Waals surface area contributed by atoms with Gasteiger partial charge < -0.3 is 5.32 Å². The lowest BCUT2D eigenvalue weighted by Gasteiger charge is -2.20. The molecule has 0 aliphatic rings. The number of hydrogen-bond donors (Lipinski definition) is 1. The van der Waals surface area contributed by atoms with Gasteiger partial charge in [-0.15, -0.1) is 11.3 Å². The van der Waals surface area contributed by atoms with E-state index in [-0.39, 0.29) is 5.56 Å². The average Bonchev–Trinajstić information content (AvgIpc) is 2.84. The minimum absolute atomic E-state index is 0.120. The number of benzene rings is 1. The Morgan fingerprint density at radius 1 is 1.15 bits per heavy atom. The summed E-state index contributed by atoms with van der Waals surface area (Å²) in [4.78, 5) is 0.874. The Bertz CT molecular complexity index is 572. The van der Waals surface area contributed by atoms with Gasteiger partial charge in [0.15, 0.2) is 0 Å². The second kappa shape index (κ2) is 6.41. The van der Waals surface area contributed by atoms with E-state index in [2.05, 4.69) is 5.32 Å². The number of rotatable bonds is 5. The summed E-state index contributed by atoms with van der Waals surface area (Å²) in [5, 5.41) is 4.99. The number of nitrogens with one attached hydrogen (secondary N) is 1. The van der Waals surface area contributed by atoms with E-state index in [9.17, 15) is 13.2 Å². The zero-order valence-corrected chi connectivity index (χ0v) is 12.2. The molecule has 2 aromatic rings. The Morgan fingerprint density at radius 2 is 1.80 bits per heavy atom. The first kappa shape index (κ1) is 15.1. The molecule has 0 aliphatic carbocycles. The van der Waals surface area contributed by atoms with Crippen LogP contribution in [0, 0.1) is 17.5 Å². The van der Waals surface area contributed by atoms with Crippen LogP contribution in [0.25, 0.3) is 0 Å². The van der Waals surface area contributed by atoms with Crippen LogP contribution in [0.3, 0.4) is 0 Å². The lowest BCUT2D eigenvalue weighted by Crippen LogP contribution is -2.24. The molecule has 1 N–H and O–H groups in total. The Balaban J connectivity index is 2.54. The molecule has 5 heteroatoms. The van der Waals surface area contributed by atoms with Crippen molar-refractivity contribution in [3.8, 4) is 0 Å². The second-order valence-corrected chi connectivity index (χ2v) is 5.39. The van der Waals surface area contributed by atoms with Gasteiger partial charge in [0.05, 0.1) is 6.04 Å². The molecule has 20 heavy (non-hydrogen) atoms. The molecule has 1 nitrogen and oxygen atoms in total. The molecule has 1 heterocycles. The van der Waals surface area contributed by atoms with Gasteiger partial charge in [0, 0.05) is 22.6 Å². The van der Waals surface area contributed by atoms with Gasteiger partial charge in [0.25, 0.3) is 0 Å². The van der Waals surface area contributed by atoms with Crippen LogP contribution in [-0.2, 0) is 6.42 Å². The smallest absolute Gasteiger partial charge is 0.134 e. The van der Waals surface area contributed by atoms with E-state index in [1.807, 2.05) is 25.3 Å². The van der Waals surface area contributed by atoms with Gasteiger partial charge in [0.2, 0.25) is 0 Å². The molecule has 0 amide bonds. The van der Waals surface area contributed by atoms with Crippen LogP contribution in [0.5, 0.6) is 0 Å². The molecule has 108 valence electrons. The Morgan fingerprint density at radius 3 is 2.35 bits per heavy atom. The van der Waals surface area contributed by atoms with Crippen LogP contribution in [0.1, 0.15) is 35.9 Å². The molecule has 0 saturated carbocycles. The maximum absolute atomic E-state index is 14.0. The van der Waals surface area contributed by atoms with E-state index < -0.39 is 23.5 Å². The summed E-state index contributed by atoms with van der Waals surface area (Å²) in [6, 6.07) is 2.81. The van der Waals surface area contributed by atoms with Crippen LogP contribution < -0.4 is 5.32 Å². The van der Waals surface area contributed by atoms with E-state index in [1.165, 1.54) is 11.3 Å². The van der Waals surface area contributed by atoms with Crippen LogP contribution in [0.2, 0.25) is 0 Å². The summed E-state index contributed by atoms with van der Waals surface area (Å²) < 4.78 is 41.0. The van der Waals surface area contributed by atoms with Crippen LogP contribution in [0.4, 0.5) is 13.2 Å². The first-order valence-electron chi connectivity index (χ1n) is 6.52. The highest BCUT2D eigenvalue weighted by Gasteiger charge is 2.25. The van der Waals surface area contributed by atoms with Crippen LogP contribution >= 0.6 is 11.3 Å². The summed E-state index contributed by atoms with van der Waals surface area (Å²) in [5.74, 6) is -2.62. The second-order valence-electron chi connectivity index (χ2n) is 4.44. The van der Waals surface area contributed by atoms with Gasteiger partial charge in [-0.2, -0.15) is 0 Å². The summed E-state index contributed by atoms with van der Waals surface area (Å²) in [6.45, 7) is 4.42. The van der Waals surface area contributed by atoms with Gasteiger partial charge in [-0.25, -0.2) is 13.2 Å². The van der Waals surface area contributed by atoms with Crippen molar-refractivity contribution in [1.29, 1.82) is 0 Å². The van der Waals surface area contributed by atoms with Crippen LogP contribution in [-0.4, -0.2) is 6.54 Å². The van der Waals surface area contributed by atoms with Crippen molar-refractivity contribution in [3.05, 3.63) is 57.0 Å². The number of aryl methyl sites for hydroxylation is 1. The van der Waals surface area contributed by atoms with Gasteiger partial charge >= 0.3 is 0 Å². The molecule has 1 atom stereocenters. The quantitative estimate of drug-likeness (QED) is 0.861. The molecule has 0 fully saturated rings. The fraction of sp³-hybridized carbons (Fsp3) is 0.333. The fourth-order valence-corrected chi connectivity index (χ4v) is 3.33. The number of hydrogen-bond acceptors (Lipinski definition) is 2. The molecule has 0 saturated heterocycles. The summed E-state index contributed by atoms with van der Waals surface area (Å²) in [7, 11) is 0. The largest absolute Gasteiger partial charge is 0.306 e. The first-order valence-corrected chi connectivity index (χ1v) is 7.40. The SMILES string of the molecule is CCNC(c1sccc1CC)c1c(F)cc(F)cc1F. The molecule has 1 aromatic heterocycles. The predicted molar refractivity (Wildman–Crippen MR) is 75.5 cm³/mol. The molecule has 1 aromatic carbocycles. The van der Waals surface area contributed by atoms with E-state index in [0.29, 0.717) is 6.54 Å². The van der Waals surface area contributed by atoms with Crippen LogP contribution in [0.15, 0.2) is 23.6 Å². The van der Waals surface area contributed by atoms with E-state index in [4.69, 9.17) is 0 Å². The van der Waals surface area contributed by atoms with Crippen molar-refractivity contribution < 1.29 is 13.2 Å². The van der Waals surface area contributed by atoms with E-state index in [1.54, 1.807) is 0 Å².